The highest BCUT2D eigenvalue weighted by Gasteiger charge is 2.59. The van der Waals surface area contributed by atoms with E-state index < -0.39 is 48.3 Å². The minimum Gasteiger partial charge on any atom is -0.496 e. The van der Waals surface area contributed by atoms with Gasteiger partial charge in [0.15, 0.2) is 5.78 Å². The molecule has 2 aliphatic heterocycles. The second-order valence-electron chi connectivity index (χ2n) is 31.8. The normalized spacial score (nSPS) is 27.1. The second-order valence-corrected chi connectivity index (χ2v) is 33.7. The minimum atomic E-state index is -0.896. The highest BCUT2D eigenvalue weighted by Crippen LogP contribution is 2.62. The van der Waals surface area contributed by atoms with Gasteiger partial charge in [0.05, 0.1) is 52.7 Å². The summed E-state index contributed by atoms with van der Waals surface area (Å²) in [6.07, 6.45) is 3.85. The van der Waals surface area contributed by atoms with E-state index in [1.807, 2.05) is 134 Å². The molecule has 8 aliphatic rings. The standard InChI is InChI=1S/C43H57N3O6.C40H53BrN4O6S/c1-26-34-22-31(43(34,3)4)23-35(26)44-42(50)40-39(27(2)48)38(25-47)52-46(40)24-30-16-12-17-32(41(30)51-7)29-19-20-33(36(21-29)45(5)6)37(49)18-11-15-28-13-9-8-10-14-28;1-22-32-16-27(40(32,3)4)17-33(22)43-39(49)36-35(23(2)47)34(20-46)51-45(36)19-24-9-8-10-31(37(24)50-7)25-13-26(15-29(14-25)44(5)6)38(48)42-12-11-30-18-28(41)21-52-30/h8-10,12-14,16-17,19-21,26-27,31,34-35,38-40,47-48H,11,15,18,22-25H2,1-7H3,(H,44,50);8-10,13-15,18,21-23,27,32-36,46-47H,11-12,16-17,19-20H2,1-7H3,(H,42,48)(H,43,49)/t26-,27-,31+,34-,35-,38-,39-,40-;22-,23-,27+,32-,33-,34-,35-,36-/m00/s1. The number of fused-ring (bicyclic) bond motifs is 4. The molecule has 0 spiro atoms. The maximum atomic E-state index is 14.2. The van der Waals surface area contributed by atoms with Gasteiger partial charge >= 0.3 is 0 Å². The number of aryl methyl sites for hydroxylation is 1. The van der Waals surface area contributed by atoms with Crippen LogP contribution in [0, 0.1) is 58.2 Å². The number of methoxy groups -OCH3 is 2. The van der Waals surface area contributed by atoms with Crippen molar-refractivity contribution in [2.24, 2.45) is 58.2 Å². The molecular weight excluding hydrogens is 1400 g/mol. The first-order valence-corrected chi connectivity index (χ1v) is 38.9. The van der Waals surface area contributed by atoms with Crippen LogP contribution < -0.4 is 35.2 Å². The number of carbonyl (C=O) groups excluding carboxylic acids is 4. The number of benzene rings is 5. The molecule has 1 aromatic heterocycles. The third-order valence-electron chi connectivity index (χ3n) is 24.5. The number of hydroxylamine groups is 4. The molecule has 6 aliphatic carbocycles. The molecule has 16 atom stereocenters. The molecule has 3 amide bonds. The van der Waals surface area contributed by atoms with Gasteiger partial charge in [0, 0.05) is 125 Å². The van der Waals surface area contributed by atoms with Crippen molar-refractivity contribution >= 4 is 62.1 Å². The summed E-state index contributed by atoms with van der Waals surface area (Å²) in [4.78, 5) is 72.9. The number of aliphatic hydroxyl groups excluding tert-OH is 4. The molecule has 6 saturated carbocycles. The van der Waals surface area contributed by atoms with E-state index in [1.165, 1.54) is 23.3 Å². The van der Waals surface area contributed by atoms with Crippen molar-refractivity contribution < 1.29 is 58.8 Å². The lowest BCUT2D eigenvalue weighted by Gasteiger charge is -2.62. The molecule has 21 heteroatoms. The lowest BCUT2D eigenvalue weighted by Crippen LogP contribution is -2.62. The van der Waals surface area contributed by atoms with Gasteiger partial charge in [-0.15, -0.1) is 11.3 Å². The van der Waals surface area contributed by atoms with Crippen molar-refractivity contribution in [3.05, 3.63) is 152 Å². The Hall–Kier alpha value is -6.76. The van der Waals surface area contributed by atoms with Gasteiger partial charge in [-0.05, 0) is 174 Å². The van der Waals surface area contributed by atoms with Crippen molar-refractivity contribution in [1.29, 1.82) is 0 Å². The summed E-state index contributed by atoms with van der Waals surface area (Å²) in [6, 6.07) is 34.1. The van der Waals surface area contributed by atoms with Crippen LogP contribution in [0.3, 0.4) is 0 Å². The van der Waals surface area contributed by atoms with Gasteiger partial charge in [-0.2, -0.15) is 10.1 Å². The summed E-state index contributed by atoms with van der Waals surface area (Å²) in [5.41, 5.74) is 9.59. The van der Waals surface area contributed by atoms with Crippen LogP contribution in [0.15, 0.2) is 119 Å². The van der Waals surface area contributed by atoms with E-state index >= 15 is 0 Å². The van der Waals surface area contributed by atoms with E-state index in [2.05, 4.69) is 91.6 Å². The summed E-state index contributed by atoms with van der Waals surface area (Å²) in [5.74, 6) is 2.47. The Morgan fingerprint density at radius 2 is 1.18 bits per heavy atom. The van der Waals surface area contributed by atoms with Gasteiger partial charge in [-0.1, -0.05) is 114 Å². The summed E-state index contributed by atoms with van der Waals surface area (Å²) < 4.78 is 13.1. The zero-order valence-corrected chi connectivity index (χ0v) is 65.4. The predicted molar refractivity (Wildman–Crippen MR) is 412 cm³/mol. The van der Waals surface area contributed by atoms with Crippen LogP contribution in [0.5, 0.6) is 11.5 Å². The lowest BCUT2D eigenvalue weighted by molar-refractivity contribution is -0.183. The van der Waals surface area contributed by atoms with Gasteiger partial charge < -0.3 is 55.7 Å². The van der Waals surface area contributed by atoms with Crippen LogP contribution in [0.2, 0.25) is 0 Å². The molecule has 19 nitrogen and oxygen atoms in total. The Bertz CT molecular complexity index is 4000. The number of aliphatic hydroxyl groups is 4. The Labute approximate surface area is 627 Å². The van der Waals surface area contributed by atoms with E-state index in [-0.39, 0.29) is 67.3 Å². The first kappa shape index (κ1) is 78.3. The largest absolute Gasteiger partial charge is 0.496 e. The number of nitrogens with one attached hydrogen (secondary N) is 3. The van der Waals surface area contributed by atoms with Gasteiger partial charge in [-0.25, -0.2) is 0 Å². The molecule has 7 N–H and O–H groups in total. The van der Waals surface area contributed by atoms with Crippen LogP contribution >= 0.6 is 27.3 Å². The predicted octanol–water partition coefficient (Wildman–Crippen LogP) is 12.2. The van der Waals surface area contributed by atoms with Crippen molar-refractivity contribution in [1.82, 2.24) is 26.1 Å². The molecular formula is C83H110BrN7O12S. The van der Waals surface area contributed by atoms with Crippen molar-refractivity contribution in [2.75, 3.05) is 72.0 Å². The van der Waals surface area contributed by atoms with Gasteiger partial charge in [0.25, 0.3) is 5.91 Å². The molecule has 6 aromatic rings. The topological polar surface area (TPSA) is 235 Å². The third kappa shape index (κ3) is 16.4. The van der Waals surface area contributed by atoms with Crippen molar-refractivity contribution in [3.8, 4) is 33.8 Å². The van der Waals surface area contributed by atoms with Crippen LogP contribution in [-0.4, -0.2) is 165 Å². The van der Waals surface area contributed by atoms with E-state index in [0.29, 0.717) is 76.5 Å². The van der Waals surface area contributed by atoms with Crippen molar-refractivity contribution in [2.45, 2.75) is 168 Å². The Balaban J connectivity index is 0.000000208. The van der Waals surface area contributed by atoms with Crippen LogP contribution in [0.4, 0.5) is 11.4 Å². The Kier molecular flexibility index (Phi) is 25.0. The smallest absolute Gasteiger partial charge is 0.251 e. The summed E-state index contributed by atoms with van der Waals surface area (Å²) in [6.45, 7) is 17.4. The van der Waals surface area contributed by atoms with Crippen LogP contribution in [-0.2, 0) is 45.2 Å². The molecule has 3 heterocycles. The van der Waals surface area contributed by atoms with E-state index in [0.717, 1.165) is 81.3 Å². The second kappa shape index (κ2) is 33.2. The summed E-state index contributed by atoms with van der Waals surface area (Å²) in [7, 11) is 11.0. The number of halogens is 1. The number of thiophene rings is 1. The molecule has 2 saturated heterocycles. The number of carbonyl (C=O) groups is 4. The lowest BCUT2D eigenvalue weighted by atomic mass is 9.45. The fourth-order valence-electron chi connectivity index (χ4n) is 18.2. The Morgan fingerprint density at radius 3 is 1.63 bits per heavy atom. The molecule has 0 radical (unpaired) electrons. The van der Waals surface area contributed by atoms with E-state index in [4.69, 9.17) is 19.1 Å². The van der Waals surface area contributed by atoms with Gasteiger partial charge in [0.2, 0.25) is 11.8 Å². The molecule has 0 unspecified atom stereocenters. The number of para-hydroxylation sites is 2. The average molecular weight is 1510 g/mol. The number of ketones is 1. The van der Waals surface area contributed by atoms with Crippen LogP contribution in [0.1, 0.15) is 136 Å². The zero-order chi connectivity index (χ0) is 74.8. The maximum Gasteiger partial charge on any atom is 0.251 e. The molecule has 104 heavy (non-hydrogen) atoms. The first-order valence-electron chi connectivity index (χ1n) is 37.2. The average Bonchev–Trinajstić information content (AvgIpc) is 0.846. The number of ether oxygens (including phenoxy) is 2. The quantitative estimate of drug-likeness (QED) is 0.0238. The minimum absolute atomic E-state index is 0.0417. The Morgan fingerprint density at radius 1 is 0.654 bits per heavy atom. The van der Waals surface area contributed by atoms with E-state index in [1.54, 1.807) is 49.5 Å². The molecule has 5 aromatic carbocycles. The molecule has 8 fully saturated rings. The number of Topliss-reactive ketones (excluding diaryl/α,β-unsaturated/α-hetero) is 1. The molecule has 14 rings (SSSR count). The number of hydrogen-bond acceptors (Lipinski definition) is 17. The molecule has 562 valence electrons. The monoisotopic (exact) mass is 1510 g/mol. The SMILES string of the molecule is COc1c(CN2O[C@@H](CO)[C@H]([C@H](C)O)[C@H]2C(=O)N[C@H]2C[C@H]3C[C@@H]([C@@H]2C)C3(C)C)cccc1-c1cc(C(=O)NCCc2cc(Br)cs2)cc(N(C)C)c1.COc1c(CN2O[C@@H](CO)[C@H]([C@H](C)O)[C@H]2C(=O)N[C@H]2C[C@H]3C[C@@H]([C@@H]2C)C3(C)C)cccc1-c1ccc(C(=O)CCCc2ccccc2)c(N(C)C)c1. The number of nitrogens with zero attached hydrogens (tertiary/aromatic N) is 4. The number of amides is 3. The number of anilines is 2. The van der Waals surface area contributed by atoms with E-state index in [9.17, 15) is 39.6 Å². The highest BCUT2D eigenvalue weighted by atomic mass is 79.9. The third-order valence-corrected chi connectivity index (χ3v) is 26.2. The fourth-order valence-corrected chi connectivity index (χ4v) is 19.7. The van der Waals surface area contributed by atoms with Gasteiger partial charge in [-0.3, -0.25) is 28.9 Å². The van der Waals surface area contributed by atoms with Crippen LogP contribution in [0.25, 0.3) is 22.3 Å². The highest BCUT2D eigenvalue weighted by molar-refractivity contribution is 9.10. The summed E-state index contributed by atoms with van der Waals surface area (Å²) in [5, 5.41) is 57.5. The number of hydrogen-bond donors (Lipinski definition) is 7. The first-order chi connectivity index (χ1) is 49.6. The summed E-state index contributed by atoms with van der Waals surface area (Å²) >= 11 is 5.15. The van der Waals surface area contributed by atoms with Crippen molar-refractivity contribution in [3.63, 3.8) is 0 Å². The zero-order valence-electron chi connectivity index (χ0n) is 63.0. The maximum absolute atomic E-state index is 14.2. The molecule has 4 bridgehead atoms. The fraction of sp³-hybridized carbons (Fsp3) is 0.542. The van der Waals surface area contributed by atoms with Gasteiger partial charge in [0.1, 0.15) is 35.8 Å². The number of rotatable bonds is 27.